The zero-order chi connectivity index (χ0) is 14.1. The van der Waals surface area contributed by atoms with Crippen molar-refractivity contribution >= 4 is 33.7 Å². The number of hydrogen-bond donors (Lipinski definition) is 1. The van der Waals surface area contributed by atoms with Gasteiger partial charge in [0.25, 0.3) is 5.56 Å². The van der Waals surface area contributed by atoms with E-state index in [1.165, 1.54) is 0 Å². The average molecular weight is 287 g/mol. The average Bonchev–Trinajstić information content (AvgIpc) is 2.83. The number of thioether (sulfide) groups is 1. The monoisotopic (exact) mass is 287 g/mol. The fourth-order valence-corrected chi connectivity index (χ4v) is 3.31. The summed E-state index contributed by atoms with van der Waals surface area (Å²) in [7, 11) is 1.79. The molecule has 20 heavy (non-hydrogen) atoms. The second-order valence-corrected chi connectivity index (χ2v) is 5.92. The van der Waals surface area contributed by atoms with Crippen LogP contribution < -0.4 is 5.56 Å². The SMILES string of the molecule is CCCCSc1nc2c([nH]c3ccccc32)c(=O)n1C. The van der Waals surface area contributed by atoms with Crippen LogP contribution in [0.25, 0.3) is 21.9 Å². The third kappa shape index (κ3) is 2.12. The standard InChI is InChI=1S/C15H17N3OS/c1-3-4-9-20-15-17-12-10-7-5-6-8-11(10)16-13(12)14(19)18(15)2/h5-8,16H,3-4,9H2,1-2H3. The quantitative estimate of drug-likeness (QED) is 0.455. The van der Waals surface area contributed by atoms with Crippen molar-refractivity contribution in [2.45, 2.75) is 24.9 Å². The fourth-order valence-electron chi connectivity index (χ4n) is 2.26. The molecule has 0 radical (unpaired) electrons. The summed E-state index contributed by atoms with van der Waals surface area (Å²) >= 11 is 1.65. The van der Waals surface area contributed by atoms with Gasteiger partial charge in [-0.3, -0.25) is 9.36 Å². The molecule has 0 saturated heterocycles. The van der Waals surface area contributed by atoms with E-state index in [1.54, 1.807) is 23.4 Å². The molecule has 0 spiro atoms. The van der Waals surface area contributed by atoms with Crippen LogP contribution in [0.1, 0.15) is 19.8 Å². The summed E-state index contributed by atoms with van der Waals surface area (Å²) in [5, 5.41) is 1.80. The van der Waals surface area contributed by atoms with Crippen LogP contribution in [-0.4, -0.2) is 20.3 Å². The normalized spacial score (nSPS) is 11.5. The highest BCUT2D eigenvalue weighted by molar-refractivity contribution is 7.99. The van der Waals surface area contributed by atoms with Crippen molar-refractivity contribution in [2.75, 3.05) is 5.75 Å². The van der Waals surface area contributed by atoms with Crippen LogP contribution in [0.3, 0.4) is 0 Å². The van der Waals surface area contributed by atoms with E-state index >= 15 is 0 Å². The zero-order valence-electron chi connectivity index (χ0n) is 11.6. The summed E-state index contributed by atoms with van der Waals surface area (Å²) in [6.45, 7) is 2.16. The minimum atomic E-state index is -0.00908. The Labute approximate surface area is 121 Å². The molecule has 0 unspecified atom stereocenters. The first-order chi connectivity index (χ1) is 9.72. The lowest BCUT2D eigenvalue weighted by molar-refractivity contribution is 0.724. The molecule has 104 valence electrons. The second-order valence-electron chi connectivity index (χ2n) is 4.85. The van der Waals surface area contributed by atoms with Gasteiger partial charge in [-0.15, -0.1) is 0 Å². The van der Waals surface area contributed by atoms with E-state index in [4.69, 9.17) is 4.98 Å². The summed E-state index contributed by atoms with van der Waals surface area (Å²) in [4.78, 5) is 20.3. The molecule has 1 N–H and O–H groups in total. The second kappa shape index (κ2) is 5.32. The van der Waals surface area contributed by atoms with Crippen LogP contribution in [0.5, 0.6) is 0 Å². The number of benzene rings is 1. The number of H-pyrrole nitrogens is 1. The predicted molar refractivity (Wildman–Crippen MR) is 84.5 cm³/mol. The molecule has 0 aliphatic rings. The number of fused-ring (bicyclic) bond motifs is 3. The third-order valence-electron chi connectivity index (χ3n) is 3.42. The zero-order valence-corrected chi connectivity index (χ0v) is 12.5. The van der Waals surface area contributed by atoms with Crippen molar-refractivity contribution in [3.8, 4) is 0 Å². The molecule has 4 nitrogen and oxygen atoms in total. The van der Waals surface area contributed by atoms with Crippen LogP contribution in [0.2, 0.25) is 0 Å². The number of hydrogen-bond acceptors (Lipinski definition) is 3. The lowest BCUT2D eigenvalue weighted by Gasteiger charge is -2.06. The molecule has 2 heterocycles. The molecule has 0 saturated carbocycles. The van der Waals surface area contributed by atoms with Gasteiger partial charge < -0.3 is 4.98 Å². The number of aromatic nitrogens is 3. The van der Waals surface area contributed by atoms with E-state index in [2.05, 4.69) is 11.9 Å². The van der Waals surface area contributed by atoms with E-state index < -0.39 is 0 Å². The van der Waals surface area contributed by atoms with E-state index in [-0.39, 0.29) is 5.56 Å². The number of nitrogens with one attached hydrogen (secondary N) is 1. The van der Waals surface area contributed by atoms with Gasteiger partial charge in [-0.05, 0) is 12.5 Å². The number of para-hydroxylation sites is 1. The molecule has 5 heteroatoms. The van der Waals surface area contributed by atoms with Crippen molar-refractivity contribution in [3.05, 3.63) is 34.6 Å². The van der Waals surface area contributed by atoms with Crippen LogP contribution in [0, 0.1) is 0 Å². The Morgan fingerprint density at radius 2 is 2.15 bits per heavy atom. The summed E-state index contributed by atoms with van der Waals surface area (Å²) in [5.74, 6) is 0.991. The van der Waals surface area contributed by atoms with E-state index in [0.29, 0.717) is 5.52 Å². The van der Waals surface area contributed by atoms with Gasteiger partial charge in [0, 0.05) is 23.7 Å². The van der Waals surface area contributed by atoms with Gasteiger partial charge in [0.15, 0.2) is 5.16 Å². The molecule has 0 atom stereocenters. The number of nitrogens with zero attached hydrogens (tertiary/aromatic N) is 2. The Hall–Kier alpha value is -1.75. The van der Waals surface area contributed by atoms with Gasteiger partial charge >= 0.3 is 0 Å². The summed E-state index contributed by atoms with van der Waals surface area (Å²) < 4.78 is 1.64. The third-order valence-corrected chi connectivity index (χ3v) is 4.54. The molecule has 3 rings (SSSR count). The lowest BCUT2D eigenvalue weighted by Crippen LogP contribution is -2.20. The number of aromatic amines is 1. The van der Waals surface area contributed by atoms with Gasteiger partial charge in [0.1, 0.15) is 11.0 Å². The largest absolute Gasteiger partial charge is 0.349 e. The maximum absolute atomic E-state index is 12.4. The molecule has 1 aromatic carbocycles. The molecule has 0 bridgehead atoms. The number of rotatable bonds is 4. The van der Waals surface area contributed by atoms with E-state index in [1.807, 2.05) is 24.3 Å². The lowest BCUT2D eigenvalue weighted by atomic mass is 10.2. The first-order valence-corrected chi connectivity index (χ1v) is 7.81. The Morgan fingerprint density at radius 3 is 2.95 bits per heavy atom. The van der Waals surface area contributed by atoms with Crippen LogP contribution in [0.15, 0.2) is 34.2 Å². The van der Waals surface area contributed by atoms with Crippen LogP contribution in [-0.2, 0) is 7.05 Å². The summed E-state index contributed by atoms with van der Waals surface area (Å²) in [6, 6.07) is 7.90. The first kappa shape index (κ1) is 13.2. The van der Waals surface area contributed by atoms with E-state index in [0.717, 1.165) is 40.2 Å². The van der Waals surface area contributed by atoms with Gasteiger partial charge in [-0.1, -0.05) is 43.3 Å². The highest BCUT2D eigenvalue weighted by Crippen LogP contribution is 2.24. The van der Waals surface area contributed by atoms with Gasteiger partial charge in [0.2, 0.25) is 0 Å². The van der Waals surface area contributed by atoms with Crippen molar-refractivity contribution < 1.29 is 0 Å². The molecule has 0 fully saturated rings. The Kier molecular flexibility index (Phi) is 3.53. The Balaban J connectivity index is 2.20. The summed E-state index contributed by atoms with van der Waals surface area (Å²) in [5.41, 5.74) is 2.32. The highest BCUT2D eigenvalue weighted by atomic mass is 32.2. The van der Waals surface area contributed by atoms with Crippen molar-refractivity contribution in [1.29, 1.82) is 0 Å². The maximum Gasteiger partial charge on any atom is 0.278 e. The Bertz CT molecular complexity index is 819. The summed E-state index contributed by atoms with van der Waals surface area (Å²) in [6.07, 6.45) is 2.28. The smallest absolute Gasteiger partial charge is 0.278 e. The predicted octanol–water partition coefficient (Wildman–Crippen LogP) is 3.31. The maximum atomic E-state index is 12.4. The van der Waals surface area contributed by atoms with Gasteiger partial charge in [-0.2, -0.15) is 0 Å². The topological polar surface area (TPSA) is 50.7 Å². The number of unbranched alkanes of at least 4 members (excludes halogenated alkanes) is 1. The van der Waals surface area contributed by atoms with Crippen LogP contribution >= 0.6 is 11.8 Å². The van der Waals surface area contributed by atoms with E-state index in [9.17, 15) is 4.79 Å². The first-order valence-electron chi connectivity index (χ1n) is 6.82. The fraction of sp³-hybridized carbons (Fsp3) is 0.333. The highest BCUT2D eigenvalue weighted by Gasteiger charge is 2.13. The molecule has 0 amide bonds. The van der Waals surface area contributed by atoms with Crippen molar-refractivity contribution in [2.24, 2.45) is 7.05 Å². The van der Waals surface area contributed by atoms with Crippen molar-refractivity contribution in [3.63, 3.8) is 0 Å². The minimum Gasteiger partial charge on any atom is -0.349 e. The molecule has 0 aliphatic carbocycles. The molecular weight excluding hydrogens is 270 g/mol. The molecule has 0 aliphatic heterocycles. The Morgan fingerprint density at radius 1 is 1.35 bits per heavy atom. The van der Waals surface area contributed by atoms with Gasteiger partial charge in [-0.25, -0.2) is 4.98 Å². The molecule has 2 aromatic heterocycles. The van der Waals surface area contributed by atoms with Gasteiger partial charge in [0.05, 0.1) is 0 Å². The minimum absolute atomic E-state index is 0.00908. The molecular formula is C15H17N3OS. The van der Waals surface area contributed by atoms with Crippen molar-refractivity contribution in [1.82, 2.24) is 14.5 Å². The van der Waals surface area contributed by atoms with Crippen LogP contribution in [0.4, 0.5) is 0 Å². The molecule has 3 aromatic rings.